The number of carbonyl (C=O) groups is 1. The van der Waals surface area contributed by atoms with E-state index in [9.17, 15) is 9.18 Å². The van der Waals surface area contributed by atoms with E-state index in [1.165, 1.54) is 24.5 Å². The highest BCUT2D eigenvalue weighted by molar-refractivity contribution is 6.05. The fourth-order valence-electron chi connectivity index (χ4n) is 4.64. The van der Waals surface area contributed by atoms with Gasteiger partial charge in [-0.15, -0.1) is 0 Å². The van der Waals surface area contributed by atoms with Crippen molar-refractivity contribution in [3.05, 3.63) is 72.4 Å². The van der Waals surface area contributed by atoms with Crippen LogP contribution in [0.15, 0.2) is 65.9 Å². The molecule has 1 aromatic carbocycles. The van der Waals surface area contributed by atoms with Crippen LogP contribution >= 0.6 is 0 Å². The molecule has 0 aliphatic heterocycles. The molecule has 5 nitrogen and oxygen atoms in total. The van der Waals surface area contributed by atoms with Gasteiger partial charge in [-0.1, -0.05) is 43.2 Å². The molecule has 1 spiro atoms. The van der Waals surface area contributed by atoms with Crippen molar-refractivity contribution >= 4 is 17.4 Å². The summed E-state index contributed by atoms with van der Waals surface area (Å²) in [5.74, 6) is -0.615. The van der Waals surface area contributed by atoms with E-state index in [1.54, 1.807) is 6.07 Å². The zero-order valence-electron chi connectivity index (χ0n) is 15.6. The van der Waals surface area contributed by atoms with E-state index in [0.717, 1.165) is 37.7 Å². The standard InChI is InChI=1S/C22H23FN4O.H2/c23-18-14-17(8-12-26-18)25-13-9-19(24)27-20(28)22(16-6-2-1-3-7-16)15-21(22)10-4-5-11-21;/h1-3,6-9,12-14H,4-5,10-11,15H2,(H,25,26)(H2,24,27,28);1H/b13-9-;/t22-;/m1./s1. The molecule has 2 aliphatic carbocycles. The molecule has 2 fully saturated rings. The molecule has 28 heavy (non-hydrogen) atoms. The third kappa shape index (κ3) is 3.19. The van der Waals surface area contributed by atoms with Gasteiger partial charge in [0.1, 0.15) is 5.84 Å². The van der Waals surface area contributed by atoms with Crippen LogP contribution < -0.4 is 11.1 Å². The van der Waals surface area contributed by atoms with E-state index in [0.29, 0.717) is 5.69 Å². The number of amidine groups is 1. The van der Waals surface area contributed by atoms with E-state index in [1.807, 2.05) is 30.3 Å². The Labute approximate surface area is 165 Å². The molecule has 2 aliphatic rings. The first-order valence-corrected chi connectivity index (χ1v) is 9.55. The number of hydrogen-bond acceptors (Lipinski definition) is 3. The number of nitrogens with two attached hydrogens (primary N) is 1. The molecule has 3 N–H and O–H groups in total. The molecule has 0 unspecified atom stereocenters. The normalized spacial score (nSPS) is 23.2. The van der Waals surface area contributed by atoms with Crippen LogP contribution in [0.4, 0.5) is 10.1 Å². The van der Waals surface area contributed by atoms with Crippen LogP contribution in [-0.4, -0.2) is 16.7 Å². The van der Waals surface area contributed by atoms with Gasteiger partial charge in [0.25, 0.3) is 5.91 Å². The lowest BCUT2D eigenvalue weighted by atomic mass is 9.84. The van der Waals surface area contributed by atoms with Crippen molar-refractivity contribution in [2.75, 3.05) is 5.32 Å². The Morgan fingerprint density at radius 3 is 2.71 bits per heavy atom. The van der Waals surface area contributed by atoms with Gasteiger partial charge in [0, 0.05) is 25.6 Å². The second-order valence-corrected chi connectivity index (χ2v) is 7.62. The van der Waals surface area contributed by atoms with Gasteiger partial charge >= 0.3 is 0 Å². The van der Waals surface area contributed by atoms with Crippen LogP contribution in [0.3, 0.4) is 0 Å². The van der Waals surface area contributed by atoms with Crippen LogP contribution in [-0.2, 0) is 10.2 Å². The molecule has 146 valence electrons. The van der Waals surface area contributed by atoms with Crippen molar-refractivity contribution in [3.63, 3.8) is 0 Å². The van der Waals surface area contributed by atoms with Gasteiger partial charge in [0.2, 0.25) is 5.95 Å². The minimum atomic E-state index is -0.574. The number of anilines is 1. The number of halogens is 1. The summed E-state index contributed by atoms with van der Waals surface area (Å²) in [5, 5.41) is 2.89. The maximum Gasteiger partial charge on any atom is 0.258 e. The highest BCUT2D eigenvalue weighted by Crippen LogP contribution is 2.72. The molecule has 0 bridgehead atoms. The van der Waals surface area contributed by atoms with E-state index in [4.69, 9.17) is 5.73 Å². The predicted molar refractivity (Wildman–Crippen MR) is 109 cm³/mol. The average molecular weight is 380 g/mol. The van der Waals surface area contributed by atoms with E-state index < -0.39 is 11.4 Å². The lowest BCUT2D eigenvalue weighted by Crippen LogP contribution is -2.28. The van der Waals surface area contributed by atoms with Crippen molar-refractivity contribution in [2.24, 2.45) is 16.1 Å². The number of carbonyl (C=O) groups excluding carboxylic acids is 1. The molecule has 1 amide bonds. The van der Waals surface area contributed by atoms with Crippen molar-refractivity contribution < 1.29 is 10.6 Å². The van der Waals surface area contributed by atoms with E-state index in [2.05, 4.69) is 15.3 Å². The number of amides is 1. The molecule has 2 aromatic rings. The first kappa shape index (κ1) is 18.3. The van der Waals surface area contributed by atoms with Crippen molar-refractivity contribution in [2.45, 2.75) is 37.5 Å². The van der Waals surface area contributed by atoms with Crippen LogP contribution in [0.5, 0.6) is 0 Å². The summed E-state index contributed by atoms with van der Waals surface area (Å²) >= 11 is 0. The van der Waals surface area contributed by atoms with Gasteiger partial charge in [-0.05, 0) is 42.4 Å². The van der Waals surface area contributed by atoms with Gasteiger partial charge in [-0.3, -0.25) is 4.79 Å². The summed E-state index contributed by atoms with van der Waals surface area (Å²) in [5.41, 5.74) is 7.03. The van der Waals surface area contributed by atoms with Gasteiger partial charge < -0.3 is 11.1 Å². The number of pyridine rings is 1. The Hall–Kier alpha value is -3.02. The SMILES string of the molecule is NC(/C=C\Nc1ccnc(F)c1)=NC(=O)[C@]1(c2ccccc2)CC12CCCC2.[HH]. The Balaban J connectivity index is 0.00000240. The van der Waals surface area contributed by atoms with Gasteiger partial charge in [-0.2, -0.15) is 9.38 Å². The van der Waals surface area contributed by atoms with Gasteiger partial charge in [-0.25, -0.2) is 4.98 Å². The Morgan fingerprint density at radius 1 is 1.25 bits per heavy atom. The summed E-state index contributed by atoms with van der Waals surface area (Å²) in [6.07, 6.45) is 9.71. The summed E-state index contributed by atoms with van der Waals surface area (Å²) < 4.78 is 13.1. The van der Waals surface area contributed by atoms with Crippen molar-refractivity contribution in [1.82, 2.24) is 4.98 Å². The zero-order chi connectivity index (χ0) is 19.6. The fourth-order valence-corrected chi connectivity index (χ4v) is 4.64. The van der Waals surface area contributed by atoms with Crippen LogP contribution in [0.2, 0.25) is 0 Å². The van der Waals surface area contributed by atoms with Crippen LogP contribution in [0, 0.1) is 11.4 Å². The second kappa shape index (κ2) is 7.19. The number of aliphatic imine (C=N–C) groups is 1. The van der Waals surface area contributed by atoms with Gasteiger partial charge in [0.05, 0.1) is 5.41 Å². The summed E-state index contributed by atoms with van der Waals surface area (Å²) in [6.45, 7) is 0. The maximum absolute atomic E-state index is 13.2. The first-order chi connectivity index (χ1) is 13.6. The molecular weight excluding hydrogens is 355 g/mol. The summed E-state index contributed by atoms with van der Waals surface area (Å²) in [7, 11) is 0. The first-order valence-electron chi connectivity index (χ1n) is 9.55. The third-order valence-electron chi connectivity index (χ3n) is 6.04. The monoisotopic (exact) mass is 380 g/mol. The minimum Gasteiger partial charge on any atom is -0.384 e. The maximum atomic E-state index is 13.2. The number of aromatic nitrogens is 1. The number of nitrogens with one attached hydrogen (secondary N) is 1. The predicted octanol–water partition coefficient (Wildman–Crippen LogP) is 4.18. The van der Waals surface area contributed by atoms with Crippen LogP contribution in [0.25, 0.3) is 0 Å². The van der Waals surface area contributed by atoms with E-state index >= 15 is 0 Å². The van der Waals surface area contributed by atoms with Crippen molar-refractivity contribution in [3.8, 4) is 0 Å². The Bertz CT molecular complexity index is 941. The zero-order valence-corrected chi connectivity index (χ0v) is 15.6. The Morgan fingerprint density at radius 2 is 2.00 bits per heavy atom. The van der Waals surface area contributed by atoms with Crippen LogP contribution in [0.1, 0.15) is 39.1 Å². The lowest BCUT2D eigenvalue weighted by molar-refractivity contribution is -0.121. The quantitative estimate of drug-likeness (QED) is 0.463. The number of nitrogens with zero attached hydrogens (tertiary/aromatic N) is 2. The van der Waals surface area contributed by atoms with Crippen molar-refractivity contribution in [1.29, 1.82) is 0 Å². The topological polar surface area (TPSA) is 80.4 Å². The average Bonchev–Trinajstić information content (AvgIpc) is 3.10. The Kier molecular flexibility index (Phi) is 4.71. The third-order valence-corrected chi connectivity index (χ3v) is 6.04. The fraction of sp³-hybridized carbons (Fsp3) is 0.318. The van der Waals surface area contributed by atoms with Gasteiger partial charge in [0.15, 0.2) is 0 Å². The molecule has 1 atom stereocenters. The number of benzene rings is 1. The molecule has 0 saturated heterocycles. The number of hydrogen-bond donors (Lipinski definition) is 2. The summed E-state index contributed by atoms with van der Waals surface area (Å²) in [6, 6.07) is 12.8. The molecule has 1 heterocycles. The summed E-state index contributed by atoms with van der Waals surface area (Å²) in [4.78, 5) is 20.9. The lowest BCUT2D eigenvalue weighted by Gasteiger charge is -2.20. The molecule has 0 radical (unpaired) electrons. The second-order valence-electron chi connectivity index (χ2n) is 7.62. The molecule has 1 aromatic heterocycles. The highest BCUT2D eigenvalue weighted by Gasteiger charge is 2.72. The van der Waals surface area contributed by atoms with E-state index in [-0.39, 0.29) is 18.6 Å². The smallest absolute Gasteiger partial charge is 0.258 e. The molecule has 4 rings (SSSR count). The molecule has 2 saturated carbocycles. The number of rotatable bonds is 5. The largest absolute Gasteiger partial charge is 0.384 e. The molecule has 6 heteroatoms. The minimum absolute atomic E-state index is 0. The molecular formula is C22H25FN4O. The highest BCUT2D eigenvalue weighted by atomic mass is 19.1.